The summed E-state index contributed by atoms with van der Waals surface area (Å²) in [5.74, 6) is 0. The van der Waals surface area contributed by atoms with Gasteiger partial charge in [-0.25, -0.2) is 0 Å². The topological polar surface area (TPSA) is 93.2 Å². The van der Waals surface area contributed by atoms with E-state index in [9.17, 15) is 8.42 Å². The normalized spacial score (nSPS) is 11.6. The van der Waals surface area contributed by atoms with Crippen molar-refractivity contribution < 1.29 is 12.6 Å². The van der Waals surface area contributed by atoms with Gasteiger partial charge in [-0.2, -0.15) is 8.42 Å². The molecular weight excluding hydrogens is 204 g/mol. The Bertz CT molecular complexity index is 262. The Hall–Kier alpha value is -0.460. The number of hydrogen-bond donors (Lipinski definition) is 2. The van der Waals surface area contributed by atoms with Gasteiger partial charge in [-0.15, -0.1) is 0 Å². The maximum atomic E-state index is 10.6. The first-order valence-electron chi connectivity index (χ1n) is 4.56. The minimum atomic E-state index is -3.33. The minimum Gasteiger partial charge on any atom is -0.330 e. The van der Waals surface area contributed by atoms with Gasteiger partial charge >= 0.3 is 0 Å². The SMILES string of the molecule is CS(=O)(=O)OCCCC(=N)CCCN. The highest BCUT2D eigenvalue weighted by atomic mass is 32.2. The standard InChI is InChI=1S/C8H18N2O3S/c1-14(11,12)13-7-3-5-8(10)4-2-6-9/h10H,2-7,9H2,1H3. The number of hydrogen-bond acceptors (Lipinski definition) is 5. The highest BCUT2D eigenvalue weighted by Gasteiger charge is 2.02. The molecule has 0 saturated heterocycles. The molecule has 0 heterocycles. The molecule has 0 aliphatic carbocycles. The molecular formula is C8H18N2O3S. The second kappa shape index (κ2) is 6.92. The molecule has 0 rings (SSSR count). The predicted molar refractivity (Wildman–Crippen MR) is 56.0 cm³/mol. The molecule has 0 saturated carbocycles. The Kier molecular flexibility index (Phi) is 6.69. The first-order chi connectivity index (χ1) is 6.45. The smallest absolute Gasteiger partial charge is 0.264 e. The Morgan fingerprint density at radius 1 is 1.36 bits per heavy atom. The average Bonchev–Trinajstić information content (AvgIpc) is 2.07. The van der Waals surface area contributed by atoms with E-state index < -0.39 is 10.1 Å². The van der Waals surface area contributed by atoms with Crippen LogP contribution in [0.4, 0.5) is 0 Å². The zero-order valence-corrected chi connectivity index (χ0v) is 9.27. The van der Waals surface area contributed by atoms with Gasteiger partial charge in [0.25, 0.3) is 10.1 Å². The molecule has 0 aromatic heterocycles. The zero-order valence-electron chi connectivity index (χ0n) is 8.45. The molecule has 0 aliphatic heterocycles. The van der Waals surface area contributed by atoms with Crippen LogP contribution in [0.1, 0.15) is 25.7 Å². The van der Waals surface area contributed by atoms with Gasteiger partial charge in [-0.3, -0.25) is 4.18 Å². The van der Waals surface area contributed by atoms with Gasteiger partial charge in [0, 0.05) is 5.71 Å². The van der Waals surface area contributed by atoms with Crippen LogP contribution < -0.4 is 5.73 Å². The molecule has 14 heavy (non-hydrogen) atoms. The lowest BCUT2D eigenvalue weighted by Gasteiger charge is -2.03. The maximum absolute atomic E-state index is 10.6. The Morgan fingerprint density at radius 2 is 1.93 bits per heavy atom. The first kappa shape index (κ1) is 13.5. The van der Waals surface area contributed by atoms with Gasteiger partial charge in [0.05, 0.1) is 12.9 Å². The number of nitrogens with one attached hydrogen (secondary N) is 1. The van der Waals surface area contributed by atoms with Crippen molar-refractivity contribution in [2.24, 2.45) is 5.73 Å². The van der Waals surface area contributed by atoms with Gasteiger partial charge in [0.1, 0.15) is 0 Å². The molecule has 0 aromatic carbocycles. The Labute approximate surface area is 85.3 Å². The molecule has 0 radical (unpaired) electrons. The van der Waals surface area contributed by atoms with Crippen molar-refractivity contribution in [1.82, 2.24) is 0 Å². The van der Waals surface area contributed by atoms with Crippen LogP contribution in [0.15, 0.2) is 0 Å². The van der Waals surface area contributed by atoms with Crippen LogP contribution in [0.25, 0.3) is 0 Å². The highest BCUT2D eigenvalue weighted by Crippen LogP contribution is 2.00. The van der Waals surface area contributed by atoms with E-state index >= 15 is 0 Å². The first-order valence-corrected chi connectivity index (χ1v) is 6.38. The quantitative estimate of drug-likeness (QED) is 0.355. The molecule has 5 nitrogen and oxygen atoms in total. The minimum absolute atomic E-state index is 0.157. The van der Waals surface area contributed by atoms with Gasteiger partial charge < -0.3 is 11.1 Å². The third-order valence-electron chi connectivity index (χ3n) is 1.60. The third kappa shape index (κ3) is 9.63. The summed E-state index contributed by atoms with van der Waals surface area (Å²) in [6.07, 6.45) is 3.67. The fraction of sp³-hybridized carbons (Fsp3) is 0.875. The van der Waals surface area contributed by atoms with Crippen molar-refractivity contribution in [2.45, 2.75) is 25.7 Å². The molecule has 0 unspecified atom stereocenters. The van der Waals surface area contributed by atoms with Crippen molar-refractivity contribution in [1.29, 1.82) is 5.41 Å². The second-order valence-corrected chi connectivity index (χ2v) is 4.77. The average molecular weight is 222 g/mol. The molecule has 0 aromatic rings. The summed E-state index contributed by atoms with van der Waals surface area (Å²) in [5, 5.41) is 7.47. The number of rotatable bonds is 8. The van der Waals surface area contributed by atoms with Crippen LogP contribution in [0.5, 0.6) is 0 Å². The fourth-order valence-corrected chi connectivity index (χ4v) is 1.36. The molecule has 0 spiro atoms. The van der Waals surface area contributed by atoms with Crippen molar-refractivity contribution in [2.75, 3.05) is 19.4 Å². The largest absolute Gasteiger partial charge is 0.330 e. The maximum Gasteiger partial charge on any atom is 0.264 e. The predicted octanol–water partition coefficient (Wildman–Crippen LogP) is 0.501. The van der Waals surface area contributed by atoms with Crippen LogP contribution in [-0.4, -0.2) is 33.5 Å². The van der Waals surface area contributed by atoms with E-state index in [2.05, 4.69) is 4.18 Å². The van der Waals surface area contributed by atoms with E-state index in [1.165, 1.54) is 0 Å². The lowest BCUT2D eigenvalue weighted by atomic mass is 10.1. The molecule has 0 amide bonds. The van der Waals surface area contributed by atoms with E-state index in [1.807, 2.05) is 0 Å². The van der Waals surface area contributed by atoms with Crippen molar-refractivity contribution >= 4 is 15.8 Å². The van der Waals surface area contributed by atoms with Gasteiger partial charge in [-0.1, -0.05) is 0 Å². The van der Waals surface area contributed by atoms with Gasteiger partial charge in [-0.05, 0) is 32.2 Å². The van der Waals surface area contributed by atoms with E-state index in [0.29, 0.717) is 31.5 Å². The summed E-state index contributed by atoms with van der Waals surface area (Å²) in [6.45, 7) is 0.742. The van der Waals surface area contributed by atoms with E-state index in [0.717, 1.165) is 12.7 Å². The summed E-state index contributed by atoms with van der Waals surface area (Å²) in [7, 11) is -3.33. The van der Waals surface area contributed by atoms with E-state index in [1.54, 1.807) is 0 Å². The summed E-state index contributed by atoms with van der Waals surface area (Å²) in [4.78, 5) is 0. The lowest BCUT2D eigenvalue weighted by Crippen LogP contribution is -2.07. The molecule has 3 N–H and O–H groups in total. The van der Waals surface area contributed by atoms with E-state index in [4.69, 9.17) is 11.1 Å². The third-order valence-corrected chi connectivity index (χ3v) is 2.20. The number of nitrogens with two attached hydrogens (primary N) is 1. The summed E-state index contributed by atoms with van der Waals surface area (Å²) in [6, 6.07) is 0. The van der Waals surface area contributed by atoms with Crippen LogP contribution >= 0.6 is 0 Å². The van der Waals surface area contributed by atoms with Crippen molar-refractivity contribution in [3.05, 3.63) is 0 Å². The molecule has 0 aliphatic rings. The summed E-state index contributed by atoms with van der Waals surface area (Å²) < 4.78 is 25.6. The molecule has 0 fully saturated rings. The monoisotopic (exact) mass is 222 g/mol. The molecule has 84 valence electrons. The van der Waals surface area contributed by atoms with E-state index in [-0.39, 0.29) is 6.61 Å². The summed E-state index contributed by atoms with van der Waals surface area (Å²) >= 11 is 0. The molecule has 0 atom stereocenters. The van der Waals surface area contributed by atoms with Crippen LogP contribution in [0, 0.1) is 5.41 Å². The van der Waals surface area contributed by atoms with Crippen molar-refractivity contribution in [3.8, 4) is 0 Å². The van der Waals surface area contributed by atoms with Crippen molar-refractivity contribution in [3.63, 3.8) is 0 Å². The summed E-state index contributed by atoms with van der Waals surface area (Å²) in [5.41, 5.74) is 5.89. The van der Waals surface area contributed by atoms with Crippen LogP contribution in [-0.2, 0) is 14.3 Å². The Balaban J connectivity index is 3.41. The van der Waals surface area contributed by atoms with Gasteiger partial charge in [0.2, 0.25) is 0 Å². The van der Waals surface area contributed by atoms with Gasteiger partial charge in [0.15, 0.2) is 0 Å². The second-order valence-electron chi connectivity index (χ2n) is 3.13. The lowest BCUT2D eigenvalue weighted by molar-refractivity contribution is 0.318. The molecule has 0 bridgehead atoms. The zero-order chi connectivity index (χ0) is 11.0. The molecule has 6 heteroatoms. The fourth-order valence-electron chi connectivity index (χ4n) is 0.936. The van der Waals surface area contributed by atoms with Crippen LogP contribution in [0.2, 0.25) is 0 Å². The van der Waals surface area contributed by atoms with Crippen LogP contribution in [0.3, 0.4) is 0 Å². The Morgan fingerprint density at radius 3 is 2.43 bits per heavy atom. The highest BCUT2D eigenvalue weighted by molar-refractivity contribution is 7.85.